The number of nitrogens with zero attached hydrogens (tertiary/aromatic N) is 1. The molecule has 0 saturated heterocycles. The normalized spacial score (nSPS) is 13.7. The molecule has 0 fully saturated rings. The lowest BCUT2D eigenvalue weighted by Crippen LogP contribution is -2.09. The molecule has 0 aliphatic heterocycles. The molecule has 0 spiro atoms. The summed E-state index contributed by atoms with van der Waals surface area (Å²) < 4.78 is 26.6. The summed E-state index contributed by atoms with van der Waals surface area (Å²) in [6, 6.07) is 6.86. The quantitative estimate of drug-likeness (QED) is 0.811. The highest BCUT2D eigenvalue weighted by Gasteiger charge is 2.21. The summed E-state index contributed by atoms with van der Waals surface area (Å²) in [5.41, 5.74) is 0.931. The molecule has 1 aromatic heterocycles. The SMILES string of the molecule is Cn1ccc2cccc(C(O)C(F)F)c21. The first kappa shape index (κ1) is 10.1. The Bertz CT molecular complexity index is 478. The van der Waals surface area contributed by atoms with Gasteiger partial charge in [-0.15, -0.1) is 0 Å². The van der Waals surface area contributed by atoms with Crippen LogP contribution < -0.4 is 0 Å². The molecule has 1 atom stereocenters. The van der Waals surface area contributed by atoms with Gasteiger partial charge < -0.3 is 9.67 Å². The number of aliphatic hydroxyl groups is 1. The highest BCUT2D eigenvalue weighted by Crippen LogP contribution is 2.28. The van der Waals surface area contributed by atoms with Crippen molar-refractivity contribution >= 4 is 10.9 Å². The van der Waals surface area contributed by atoms with Crippen molar-refractivity contribution in [3.05, 3.63) is 36.0 Å². The summed E-state index contributed by atoms with van der Waals surface area (Å²) in [4.78, 5) is 0. The zero-order chi connectivity index (χ0) is 11.0. The Morgan fingerprint density at radius 1 is 1.27 bits per heavy atom. The van der Waals surface area contributed by atoms with E-state index in [-0.39, 0.29) is 5.56 Å². The number of aliphatic hydroxyl groups excluding tert-OH is 1. The number of aromatic nitrogens is 1. The molecule has 1 unspecified atom stereocenters. The first-order chi connectivity index (χ1) is 7.11. The van der Waals surface area contributed by atoms with Crippen LogP contribution >= 0.6 is 0 Å². The number of rotatable bonds is 2. The van der Waals surface area contributed by atoms with Gasteiger partial charge in [0.1, 0.15) is 6.10 Å². The summed E-state index contributed by atoms with van der Waals surface area (Å²) in [5, 5.41) is 10.2. The van der Waals surface area contributed by atoms with E-state index in [1.54, 1.807) is 23.9 Å². The maximum atomic E-state index is 12.4. The topological polar surface area (TPSA) is 25.2 Å². The van der Waals surface area contributed by atoms with Crippen LogP contribution in [0.2, 0.25) is 0 Å². The fraction of sp³-hybridized carbons (Fsp3) is 0.273. The molecule has 2 aromatic rings. The van der Waals surface area contributed by atoms with Crippen molar-refractivity contribution in [2.24, 2.45) is 7.05 Å². The number of halogens is 2. The van der Waals surface area contributed by atoms with Gasteiger partial charge in [-0.3, -0.25) is 0 Å². The van der Waals surface area contributed by atoms with Crippen molar-refractivity contribution in [2.75, 3.05) is 0 Å². The van der Waals surface area contributed by atoms with Gasteiger partial charge in [0.2, 0.25) is 0 Å². The Labute approximate surface area is 85.8 Å². The Morgan fingerprint density at radius 3 is 2.67 bits per heavy atom. The van der Waals surface area contributed by atoms with Gasteiger partial charge in [0.25, 0.3) is 6.43 Å². The molecule has 2 nitrogen and oxygen atoms in total. The number of aryl methyl sites for hydroxylation is 1. The van der Waals surface area contributed by atoms with E-state index in [2.05, 4.69) is 0 Å². The first-order valence-electron chi connectivity index (χ1n) is 4.61. The molecule has 0 saturated carbocycles. The van der Waals surface area contributed by atoms with Gasteiger partial charge in [-0.25, -0.2) is 8.78 Å². The number of alkyl halides is 2. The molecular weight excluding hydrogens is 200 g/mol. The molecular formula is C11H11F2NO. The number of hydrogen-bond acceptors (Lipinski definition) is 1. The molecule has 1 heterocycles. The molecule has 0 aliphatic rings. The van der Waals surface area contributed by atoms with E-state index in [4.69, 9.17) is 0 Å². The Balaban J connectivity index is 2.64. The van der Waals surface area contributed by atoms with E-state index in [1.165, 1.54) is 6.07 Å². The van der Waals surface area contributed by atoms with Crippen LogP contribution in [0.4, 0.5) is 8.78 Å². The molecule has 2 rings (SSSR count). The van der Waals surface area contributed by atoms with Gasteiger partial charge in [-0.05, 0) is 11.5 Å². The average Bonchev–Trinajstić information content (AvgIpc) is 2.59. The van der Waals surface area contributed by atoms with E-state index in [9.17, 15) is 13.9 Å². The molecule has 0 aliphatic carbocycles. The average molecular weight is 211 g/mol. The summed E-state index contributed by atoms with van der Waals surface area (Å²) in [6.45, 7) is 0. The van der Waals surface area contributed by atoms with Gasteiger partial charge in [-0.1, -0.05) is 18.2 Å². The van der Waals surface area contributed by atoms with E-state index in [0.717, 1.165) is 5.39 Å². The molecule has 0 radical (unpaired) electrons. The highest BCUT2D eigenvalue weighted by atomic mass is 19.3. The van der Waals surface area contributed by atoms with Crippen molar-refractivity contribution in [1.82, 2.24) is 4.57 Å². The fourth-order valence-electron chi connectivity index (χ4n) is 1.76. The molecule has 1 N–H and O–H groups in total. The lowest BCUT2D eigenvalue weighted by Gasteiger charge is -2.12. The maximum Gasteiger partial charge on any atom is 0.268 e. The van der Waals surface area contributed by atoms with Crippen LogP contribution in [0.1, 0.15) is 11.7 Å². The number of para-hydroxylation sites is 1. The summed E-state index contributed by atoms with van der Waals surface area (Å²) >= 11 is 0. The zero-order valence-corrected chi connectivity index (χ0v) is 8.19. The first-order valence-corrected chi connectivity index (χ1v) is 4.61. The van der Waals surface area contributed by atoms with Crippen LogP contribution in [-0.4, -0.2) is 16.1 Å². The Kier molecular flexibility index (Phi) is 2.44. The number of hydrogen-bond donors (Lipinski definition) is 1. The van der Waals surface area contributed by atoms with Gasteiger partial charge in [0, 0.05) is 18.8 Å². The second kappa shape index (κ2) is 3.62. The zero-order valence-electron chi connectivity index (χ0n) is 8.19. The minimum absolute atomic E-state index is 0.273. The highest BCUT2D eigenvalue weighted by molar-refractivity contribution is 5.83. The van der Waals surface area contributed by atoms with E-state index in [0.29, 0.717) is 5.52 Å². The predicted molar refractivity (Wildman–Crippen MR) is 53.9 cm³/mol. The van der Waals surface area contributed by atoms with Crippen LogP contribution in [0.3, 0.4) is 0 Å². The van der Waals surface area contributed by atoms with Crippen LogP contribution in [0, 0.1) is 0 Å². The Morgan fingerprint density at radius 2 is 2.00 bits per heavy atom. The standard InChI is InChI=1S/C11H11F2NO/c1-14-6-5-7-3-2-4-8(9(7)14)10(15)11(12)13/h2-6,10-11,15H,1H3. The molecule has 4 heteroatoms. The van der Waals surface area contributed by atoms with Crippen LogP contribution in [0.25, 0.3) is 10.9 Å². The number of benzene rings is 1. The predicted octanol–water partition coefficient (Wildman–Crippen LogP) is 2.48. The monoisotopic (exact) mass is 211 g/mol. The minimum Gasteiger partial charge on any atom is -0.382 e. The molecule has 1 aromatic carbocycles. The van der Waals surface area contributed by atoms with Gasteiger partial charge >= 0.3 is 0 Å². The van der Waals surface area contributed by atoms with Gasteiger partial charge in [0.15, 0.2) is 0 Å². The Hall–Kier alpha value is -1.42. The van der Waals surface area contributed by atoms with Gasteiger partial charge in [-0.2, -0.15) is 0 Å². The van der Waals surface area contributed by atoms with Crippen molar-refractivity contribution < 1.29 is 13.9 Å². The summed E-state index contributed by atoms with van der Waals surface area (Å²) in [6.07, 6.45) is -2.69. The van der Waals surface area contributed by atoms with Crippen molar-refractivity contribution in [1.29, 1.82) is 0 Å². The van der Waals surface area contributed by atoms with Gasteiger partial charge in [0.05, 0.1) is 5.52 Å². The van der Waals surface area contributed by atoms with E-state index >= 15 is 0 Å². The summed E-state index contributed by atoms with van der Waals surface area (Å²) in [7, 11) is 1.77. The minimum atomic E-state index is -2.76. The lowest BCUT2D eigenvalue weighted by molar-refractivity contribution is -0.00510. The van der Waals surface area contributed by atoms with E-state index < -0.39 is 12.5 Å². The van der Waals surface area contributed by atoms with Crippen molar-refractivity contribution in [2.45, 2.75) is 12.5 Å². The van der Waals surface area contributed by atoms with Crippen molar-refractivity contribution in [3.8, 4) is 0 Å². The molecule has 80 valence electrons. The summed E-state index contributed by atoms with van der Waals surface area (Å²) in [5.74, 6) is 0. The molecule has 15 heavy (non-hydrogen) atoms. The number of fused-ring (bicyclic) bond motifs is 1. The third kappa shape index (κ3) is 1.61. The third-order valence-corrected chi connectivity index (χ3v) is 2.49. The van der Waals surface area contributed by atoms with Crippen LogP contribution in [-0.2, 0) is 7.05 Å². The second-order valence-corrected chi connectivity index (χ2v) is 3.49. The fourth-order valence-corrected chi connectivity index (χ4v) is 1.76. The maximum absolute atomic E-state index is 12.4. The lowest BCUT2D eigenvalue weighted by atomic mass is 10.1. The second-order valence-electron chi connectivity index (χ2n) is 3.49. The largest absolute Gasteiger partial charge is 0.382 e. The van der Waals surface area contributed by atoms with Crippen LogP contribution in [0.5, 0.6) is 0 Å². The molecule has 0 amide bonds. The molecule has 0 bridgehead atoms. The van der Waals surface area contributed by atoms with E-state index in [1.807, 2.05) is 12.1 Å². The third-order valence-electron chi connectivity index (χ3n) is 2.49. The van der Waals surface area contributed by atoms with Crippen LogP contribution in [0.15, 0.2) is 30.5 Å². The van der Waals surface area contributed by atoms with Crippen molar-refractivity contribution in [3.63, 3.8) is 0 Å². The smallest absolute Gasteiger partial charge is 0.268 e.